The van der Waals surface area contributed by atoms with Gasteiger partial charge in [-0.1, -0.05) is 6.08 Å². The Morgan fingerprint density at radius 1 is 1.61 bits per heavy atom. The number of nitrogens with zero attached hydrogens (tertiary/aromatic N) is 3. The maximum Gasteiger partial charge on any atom is 0.323 e. The molecule has 0 bridgehead atoms. The minimum absolute atomic E-state index is 0.0121. The van der Waals surface area contributed by atoms with Crippen LogP contribution in [0.4, 0.5) is 5.82 Å². The highest BCUT2D eigenvalue weighted by Gasteiger charge is 2.12. The predicted molar refractivity (Wildman–Crippen MR) is 67.8 cm³/mol. The molecule has 0 spiro atoms. The Morgan fingerprint density at radius 2 is 2.33 bits per heavy atom. The smallest absolute Gasteiger partial charge is 0.323 e. The lowest BCUT2D eigenvalue weighted by molar-refractivity contribution is -0.135. The number of carbonyl (C=O) groups is 1. The molecule has 0 fully saturated rings. The van der Waals surface area contributed by atoms with E-state index in [4.69, 9.17) is 9.84 Å². The van der Waals surface area contributed by atoms with Crippen molar-refractivity contribution in [2.24, 2.45) is 0 Å². The van der Waals surface area contributed by atoms with Crippen molar-refractivity contribution in [3.63, 3.8) is 0 Å². The number of aromatic nitrogens is 2. The molecule has 1 heterocycles. The van der Waals surface area contributed by atoms with Crippen LogP contribution in [0.1, 0.15) is 13.8 Å². The van der Waals surface area contributed by atoms with Gasteiger partial charge in [0.1, 0.15) is 6.54 Å². The summed E-state index contributed by atoms with van der Waals surface area (Å²) in [5, 5.41) is 8.83. The normalized spacial score (nSPS) is 10.2. The number of hydrogen-bond donors (Lipinski definition) is 1. The number of anilines is 1. The molecule has 6 heteroatoms. The molecule has 0 unspecified atom stereocenters. The first kappa shape index (κ1) is 14.0. The Morgan fingerprint density at radius 3 is 2.89 bits per heavy atom. The van der Waals surface area contributed by atoms with E-state index in [1.165, 1.54) is 12.4 Å². The summed E-state index contributed by atoms with van der Waals surface area (Å²) in [5.74, 6) is -0.105. The van der Waals surface area contributed by atoms with E-state index < -0.39 is 5.97 Å². The van der Waals surface area contributed by atoms with Gasteiger partial charge in [-0.15, -0.1) is 6.58 Å². The van der Waals surface area contributed by atoms with Crippen LogP contribution in [-0.2, 0) is 4.79 Å². The van der Waals surface area contributed by atoms with Crippen molar-refractivity contribution in [1.29, 1.82) is 0 Å². The Balaban J connectivity index is 2.89. The van der Waals surface area contributed by atoms with Crippen LogP contribution in [0, 0.1) is 0 Å². The predicted octanol–water partition coefficient (Wildman–Crippen LogP) is 1.34. The van der Waals surface area contributed by atoms with Crippen LogP contribution in [0.25, 0.3) is 0 Å². The number of rotatable bonds is 7. The monoisotopic (exact) mass is 251 g/mol. The van der Waals surface area contributed by atoms with Crippen LogP contribution in [-0.4, -0.2) is 40.2 Å². The van der Waals surface area contributed by atoms with E-state index in [1.807, 2.05) is 13.8 Å². The van der Waals surface area contributed by atoms with Crippen molar-refractivity contribution >= 4 is 11.8 Å². The highest BCUT2D eigenvalue weighted by atomic mass is 16.5. The summed E-state index contributed by atoms with van der Waals surface area (Å²) in [5.41, 5.74) is 0. The lowest BCUT2D eigenvalue weighted by Crippen LogP contribution is -2.30. The minimum atomic E-state index is -0.936. The molecule has 0 radical (unpaired) electrons. The third kappa shape index (κ3) is 4.40. The SMILES string of the molecule is C=CCN(CC(=O)O)c1cncc(OC(C)C)n1. The van der Waals surface area contributed by atoms with E-state index in [1.54, 1.807) is 11.0 Å². The molecule has 6 nitrogen and oxygen atoms in total. The van der Waals surface area contributed by atoms with Crippen molar-refractivity contribution in [3.05, 3.63) is 25.0 Å². The van der Waals surface area contributed by atoms with Crippen molar-refractivity contribution in [2.75, 3.05) is 18.0 Å². The number of carboxylic acid groups (broad SMARTS) is 1. The van der Waals surface area contributed by atoms with E-state index in [0.717, 1.165) is 0 Å². The first-order valence-electron chi connectivity index (χ1n) is 5.59. The fourth-order valence-corrected chi connectivity index (χ4v) is 1.35. The summed E-state index contributed by atoms with van der Waals surface area (Å²) in [4.78, 5) is 20.5. The topological polar surface area (TPSA) is 75.6 Å². The second-order valence-corrected chi connectivity index (χ2v) is 3.95. The van der Waals surface area contributed by atoms with Gasteiger partial charge in [0.2, 0.25) is 5.88 Å². The first-order valence-corrected chi connectivity index (χ1v) is 5.59. The molecular weight excluding hydrogens is 234 g/mol. The molecule has 0 aromatic carbocycles. The molecule has 0 saturated carbocycles. The lowest BCUT2D eigenvalue weighted by Gasteiger charge is -2.20. The number of hydrogen-bond acceptors (Lipinski definition) is 5. The average molecular weight is 251 g/mol. The lowest BCUT2D eigenvalue weighted by atomic mass is 10.4. The largest absolute Gasteiger partial charge is 0.480 e. The number of aliphatic carboxylic acids is 1. The third-order valence-corrected chi connectivity index (χ3v) is 1.96. The molecule has 1 N–H and O–H groups in total. The van der Waals surface area contributed by atoms with Crippen LogP contribution in [0.3, 0.4) is 0 Å². The van der Waals surface area contributed by atoms with Gasteiger partial charge in [0.25, 0.3) is 0 Å². The molecule has 18 heavy (non-hydrogen) atoms. The molecular formula is C12H17N3O3. The minimum Gasteiger partial charge on any atom is -0.480 e. The highest BCUT2D eigenvalue weighted by molar-refractivity contribution is 5.73. The van der Waals surface area contributed by atoms with E-state index in [-0.39, 0.29) is 12.6 Å². The molecule has 0 atom stereocenters. The quantitative estimate of drug-likeness (QED) is 0.737. The zero-order valence-electron chi connectivity index (χ0n) is 10.5. The molecule has 0 aliphatic heterocycles. The third-order valence-electron chi connectivity index (χ3n) is 1.96. The molecule has 1 aromatic rings. The number of carboxylic acids is 1. The van der Waals surface area contributed by atoms with Crippen molar-refractivity contribution < 1.29 is 14.6 Å². The zero-order chi connectivity index (χ0) is 13.5. The molecule has 0 aliphatic carbocycles. The van der Waals surface area contributed by atoms with E-state index in [0.29, 0.717) is 18.2 Å². The standard InChI is InChI=1S/C12H17N3O3/c1-4-5-15(8-12(16)17)10-6-13-7-11(14-10)18-9(2)3/h4,6-7,9H,1,5,8H2,2-3H3,(H,16,17). The summed E-state index contributed by atoms with van der Waals surface area (Å²) < 4.78 is 5.41. The zero-order valence-corrected chi connectivity index (χ0v) is 10.5. The van der Waals surface area contributed by atoms with Crippen LogP contribution in [0.15, 0.2) is 25.0 Å². The summed E-state index contributed by atoms with van der Waals surface area (Å²) in [6, 6.07) is 0. The van der Waals surface area contributed by atoms with Gasteiger partial charge >= 0.3 is 5.97 Å². The van der Waals surface area contributed by atoms with Crippen LogP contribution >= 0.6 is 0 Å². The summed E-state index contributed by atoms with van der Waals surface area (Å²) in [7, 11) is 0. The fourth-order valence-electron chi connectivity index (χ4n) is 1.35. The van der Waals surface area contributed by atoms with Crippen molar-refractivity contribution in [3.8, 4) is 5.88 Å². The van der Waals surface area contributed by atoms with Crippen LogP contribution in [0.5, 0.6) is 5.88 Å². The van der Waals surface area contributed by atoms with Gasteiger partial charge in [-0.3, -0.25) is 9.78 Å². The van der Waals surface area contributed by atoms with Gasteiger partial charge in [0.15, 0.2) is 5.82 Å². The maximum atomic E-state index is 10.8. The Kier molecular flexibility index (Phi) is 5.10. The van der Waals surface area contributed by atoms with Crippen molar-refractivity contribution in [2.45, 2.75) is 20.0 Å². The Labute approximate surface area is 106 Å². The van der Waals surface area contributed by atoms with Gasteiger partial charge in [0, 0.05) is 6.54 Å². The average Bonchev–Trinajstić information content (AvgIpc) is 2.27. The van der Waals surface area contributed by atoms with Crippen LogP contribution < -0.4 is 9.64 Å². The molecule has 0 amide bonds. The van der Waals surface area contributed by atoms with Gasteiger partial charge in [-0.25, -0.2) is 0 Å². The van der Waals surface area contributed by atoms with Gasteiger partial charge in [0.05, 0.1) is 18.5 Å². The van der Waals surface area contributed by atoms with E-state index >= 15 is 0 Å². The number of ether oxygens (including phenoxy) is 1. The molecule has 0 saturated heterocycles. The van der Waals surface area contributed by atoms with Crippen molar-refractivity contribution in [1.82, 2.24) is 9.97 Å². The van der Waals surface area contributed by atoms with Gasteiger partial charge in [-0.2, -0.15) is 4.98 Å². The van der Waals surface area contributed by atoms with Crippen LogP contribution in [0.2, 0.25) is 0 Å². The second kappa shape index (κ2) is 6.58. The molecule has 0 aliphatic rings. The maximum absolute atomic E-state index is 10.8. The molecule has 1 rings (SSSR count). The summed E-state index contributed by atoms with van der Waals surface area (Å²) in [6.45, 7) is 7.57. The molecule has 1 aromatic heterocycles. The van der Waals surface area contributed by atoms with Gasteiger partial charge in [-0.05, 0) is 13.8 Å². The van der Waals surface area contributed by atoms with Gasteiger partial charge < -0.3 is 14.7 Å². The van der Waals surface area contributed by atoms with E-state index in [9.17, 15) is 4.79 Å². The summed E-state index contributed by atoms with van der Waals surface area (Å²) in [6.07, 6.45) is 4.60. The first-order chi connectivity index (χ1) is 8.52. The van der Waals surface area contributed by atoms with E-state index in [2.05, 4.69) is 16.5 Å². The molecule has 98 valence electrons. The summed E-state index contributed by atoms with van der Waals surface area (Å²) >= 11 is 0. The highest BCUT2D eigenvalue weighted by Crippen LogP contribution is 2.14. The second-order valence-electron chi connectivity index (χ2n) is 3.95. The Hall–Kier alpha value is -2.11. The Bertz CT molecular complexity index is 421. The fraction of sp³-hybridized carbons (Fsp3) is 0.417.